The normalized spacial score (nSPS) is 14.6. The maximum atomic E-state index is 13.1. The van der Waals surface area contributed by atoms with Gasteiger partial charge in [-0.1, -0.05) is 42.5 Å². The number of carbonyl (C=O) groups excluding carboxylic acids is 2. The maximum Gasteiger partial charge on any atom is 0.340 e. The average molecular weight is 498 g/mol. The summed E-state index contributed by atoms with van der Waals surface area (Å²) in [5, 5.41) is 13.7. The van der Waals surface area contributed by atoms with Crippen LogP contribution in [-0.2, 0) is 19.6 Å². The Balaban J connectivity index is 1.33. The zero-order valence-electron chi connectivity index (χ0n) is 19.1. The highest BCUT2D eigenvalue weighted by Crippen LogP contribution is 2.23. The molecule has 10 heteroatoms. The molecule has 0 radical (unpaired) electrons. The zero-order chi connectivity index (χ0) is 24.8. The number of fused-ring (bicyclic) bond motifs is 1. The van der Waals surface area contributed by atoms with Crippen LogP contribution in [0.15, 0.2) is 71.6 Å². The molecule has 0 spiro atoms. The predicted octanol–water partition coefficient (Wildman–Crippen LogP) is 1.93. The molecule has 0 atom stereocenters. The molecule has 3 aromatic rings. The van der Waals surface area contributed by atoms with Crippen LogP contribution in [0.25, 0.3) is 10.8 Å². The van der Waals surface area contributed by atoms with E-state index in [4.69, 9.17) is 9.84 Å². The molecule has 2 N–H and O–H groups in total. The number of esters is 1. The van der Waals surface area contributed by atoms with Crippen molar-refractivity contribution in [2.24, 2.45) is 0 Å². The summed E-state index contributed by atoms with van der Waals surface area (Å²) in [6.45, 7) is 0.464. The number of hydrogen-bond donors (Lipinski definition) is 2. The van der Waals surface area contributed by atoms with Crippen LogP contribution in [0.1, 0.15) is 10.4 Å². The van der Waals surface area contributed by atoms with Crippen LogP contribution in [0.2, 0.25) is 0 Å². The number of sulfonamides is 1. The summed E-state index contributed by atoms with van der Waals surface area (Å²) in [6.07, 6.45) is 0. The number of para-hydroxylation sites is 1. The maximum absolute atomic E-state index is 13.1. The first-order chi connectivity index (χ1) is 16.9. The summed E-state index contributed by atoms with van der Waals surface area (Å²) in [4.78, 5) is 26.8. The van der Waals surface area contributed by atoms with Gasteiger partial charge in [-0.15, -0.1) is 0 Å². The van der Waals surface area contributed by atoms with E-state index >= 15 is 0 Å². The van der Waals surface area contributed by atoms with Crippen LogP contribution in [0, 0.1) is 0 Å². The van der Waals surface area contributed by atoms with Gasteiger partial charge in [0.1, 0.15) is 0 Å². The number of aliphatic hydroxyl groups is 1. The van der Waals surface area contributed by atoms with Gasteiger partial charge in [-0.25, -0.2) is 13.2 Å². The smallest absolute Gasteiger partial charge is 0.340 e. The van der Waals surface area contributed by atoms with Gasteiger partial charge < -0.3 is 20.1 Å². The van der Waals surface area contributed by atoms with Crippen molar-refractivity contribution >= 4 is 38.4 Å². The Morgan fingerprint density at radius 1 is 0.914 bits per heavy atom. The molecule has 9 nitrogen and oxygen atoms in total. The second-order valence-corrected chi connectivity index (χ2v) is 10.0. The number of piperazine rings is 1. The third kappa shape index (κ3) is 5.61. The molecule has 0 aliphatic carbocycles. The Morgan fingerprint density at radius 3 is 2.34 bits per heavy atom. The van der Waals surface area contributed by atoms with E-state index in [2.05, 4.69) is 5.32 Å². The molecular formula is C25H27N3O6S. The number of hydrogen-bond acceptors (Lipinski definition) is 7. The average Bonchev–Trinajstić information content (AvgIpc) is 2.90. The fourth-order valence-corrected chi connectivity index (χ4v) is 5.42. The van der Waals surface area contributed by atoms with Gasteiger partial charge in [-0.3, -0.25) is 4.79 Å². The molecule has 0 saturated carbocycles. The van der Waals surface area contributed by atoms with Crippen molar-refractivity contribution in [3.63, 3.8) is 0 Å². The lowest BCUT2D eigenvalue weighted by atomic mass is 10.1. The van der Waals surface area contributed by atoms with Gasteiger partial charge in [0.25, 0.3) is 5.91 Å². The van der Waals surface area contributed by atoms with Crippen LogP contribution in [0.3, 0.4) is 0 Å². The summed E-state index contributed by atoms with van der Waals surface area (Å²) < 4.78 is 32.8. The van der Waals surface area contributed by atoms with E-state index in [0.717, 1.165) is 10.8 Å². The topological polar surface area (TPSA) is 116 Å². The molecule has 1 heterocycles. The Hall–Kier alpha value is -3.47. The van der Waals surface area contributed by atoms with Crippen molar-refractivity contribution in [3.8, 4) is 0 Å². The number of rotatable bonds is 8. The molecule has 1 amide bonds. The lowest BCUT2D eigenvalue weighted by molar-refractivity contribution is -0.135. The first-order valence-electron chi connectivity index (χ1n) is 11.3. The summed E-state index contributed by atoms with van der Waals surface area (Å²) in [5.41, 5.74) is 0.770. The summed E-state index contributed by atoms with van der Waals surface area (Å²) >= 11 is 0. The highest BCUT2D eigenvalue weighted by molar-refractivity contribution is 7.89. The molecule has 4 rings (SSSR count). The Labute approximate surface area is 204 Å². The molecule has 0 bridgehead atoms. The quantitative estimate of drug-likeness (QED) is 0.457. The van der Waals surface area contributed by atoms with Gasteiger partial charge >= 0.3 is 5.97 Å². The van der Waals surface area contributed by atoms with E-state index < -0.39 is 22.6 Å². The molecule has 1 aliphatic rings. The molecule has 1 fully saturated rings. The fourth-order valence-electron chi connectivity index (χ4n) is 3.96. The minimum absolute atomic E-state index is 0.0928. The predicted molar refractivity (Wildman–Crippen MR) is 132 cm³/mol. The van der Waals surface area contributed by atoms with E-state index in [9.17, 15) is 18.0 Å². The van der Waals surface area contributed by atoms with E-state index in [1.807, 2.05) is 24.3 Å². The molecule has 0 unspecified atom stereocenters. The van der Waals surface area contributed by atoms with Gasteiger partial charge in [0.05, 0.1) is 17.1 Å². The standard InChI is InChI=1S/C25H27N3O6S/c29-16-11-26-23-8-4-3-7-22(23)25(31)34-18-24(30)27-12-14-28(15-13-27)35(32,33)21-10-9-19-5-1-2-6-20(19)17-21/h1-10,17,26,29H,11-16,18H2. The number of carbonyl (C=O) groups is 2. The third-order valence-corrected chi connectivity index (χ3v) is 7.75. The van der Waals surface area contributed by atoms with Gasteiger partial charge in [0, 0.05) is 38.4 Å². The molecule has 1 saturated heterocycles. The van der Waals surface area contributed by atoms with Crippen molar-refractivity contribution in [1.29, 1.82) is 0 Å². The fraction of sp³-hybridized carbons (Fsp3) is 0.280. The second-order valence-electron chi connectivity index (χ2n) is 8.07. The number of aliphatic hydroxyl groups excluding tert-OH is 1. The summed E-state index contributed by atoms with van der Waals surface area (Å²) in [5.74, 6) is -1.04. The monoisotopic (exact) mass is 497 g/mol. The van der Waals surface area contributed by atoms with Crippen molar-refractivity contribution < 1.29 is 27.9 Å². The van der Waals surface area contributed by atoms with Gasteiger partial charge in [0.15, 0.2) is 6.61 Å². The van der Waals surface area contributed by atoms with Gasteiger partial charge in [0.2, 0.25) is 10.0 Å². The van der Waals surface area contributed by atoms with Crippen molar-refractivity contribution in [2.75, 3.05) is 51.3 Å². The highest BCUT2D eigenvalue weighted by atomic mass is 32.2. The van der Waals surface area contributed by atoms with Gasteiger partial charge in [-0.05, 0) is 35.0 Å². The van der Waals surface area contributed by atoms with E-state index in [-0.39, 0.29) is 55.7 Å². The second kappa shape index (κ2) is 10.9. The molecule has 35 heavy (non-hydrogen) atoms. The lowest BCUT2D eigenvalue weighted by Crippen LogP contribution is -2.51. The first kappa shape index (κ1) is 24.6. The van der Waals surface area contributed by atoms with Crippen LogP contribution in [0.4, 0.5) is 5.69 Å². The van der Waals surface area contributed by atoms with E-state index in [1.54, 1.807) is 42.5 Å². The van der Waals surface area contributed by atoms with Crippen LogP contribution >= 0.6 is 0 Å². The van der Waals surface area contributed by atoms with Crippen LogP contribution in [-0.4, -0.2) is 80.5 Å². The number of benzene rings is 3. The Kier molecular flexibility index (Phi) is 7.64. The van der Waals surface area contributed by atoms with Crippen molar-refractivity contribution in [3.05, 3.63) is 72.3 Å². The van der Waals surface area contributed by atoms with E-state index in [0.29, 0.717) is 5.69 Å². The minimum Gasteiger partial charge on any atom is -0.452 e. The molecule has 3 aromatic carbocycles. The summed E-state index contributed by atoms with van der Waals surface area (Å²) in [6, 6.07) is 19.3. The number of nitrogens with zero attached hydrogens (tertiary/aromatic N) is 2. The Morgan fingerprint density at radius 2 is 1.60 bits per heavy atom. The number of amides is 1. The highest BCUT2D eigenvalue weighted by Gasteiger charge is 2.30. The van der Waals surface area contributed by atoms with Crippen LogP contribution in [0.5, 0.6) is 0 Å². The van der Waals surface area contributed by atoms with E-state index in [1.165, 1.54) is 9.21 Å². The third-order valence-electron chi connectivity index (χ3n) is 5.85. The van der Waals surface area contributed by atoms with Crippen molar-refractivity contribution in [1.82, 2.24) is 9.21 Å². The molecular weight excluding hydrogens is 470 g/mol. The van der Waals surface area contributed by atoms with Gasteiger partial charge in [-0.2, -0.15) is 4.31 Å². The van der Waals surface area contributed by atoms with Crippen LogP contribution < -0.4 is 5.32 Å². The molecule has 184 valence electrons. The number of ether oxygens (including phenoxy) is 1. The SMILES string of the molecule is O=C(OCC(=O)N1CCN(S(=O)(=O)c2ccc3ccccc3c2)CC1)c1ccccc1NCCO. The minimum atomic E-state index is -3.69. The first-order valence-corrected chi connectivity index (χ1v) is 12.7. The number of nitrogens with one attached hydrogen (secondary N) is 1. The zero-order valence-corrected chi connectivity index (χ0v) is 19.9. The largest absolute Gasteiger partial charge is 0.452 e. The Bertz CT molecular complexity index is 1320. The van der Waals surface area contributed by atoms with Crippen molar-refractivity contribution in [2.45, 2.75) is 4.90 Å². The molecule has 0 aromatic heterocycles. The lowest BCUT2D eigenvalue weighted by Gasteiger charge is -2.34. The molecule has 1 aliphatic heterocycles. The number of anilines is 1. The summed E-state index contributed by atoms with van der Waals surface area (Å²) in [7, 11) is -3.69.